The molecular weight excluding hydrogens is 538 g/mol. The van der Waals surface area contributed by atoms with Crippen molar-refractivity contribution < 1.29 is 9.53 Å². The number of aromatic amines is 1. The second-order valence-corrected chi connectivity index (χ2v) is 11.3. The average molecular weight is 576 g/mol. The van der Waals surface area contributed by atoms with E-state index >= 15 is 0 Å². The molecule has 0 spiro atoms. The summed E-state index contributed by atoms with van der Waals surface area (Å²) in [5.41, 5.74) is 9.14. The van der Waals surface area contributed by atoms with Crippen LogP contribution < -0.4 is 5.32 Å². The van der Waals surface area contributed by atoms with E-state index in [1.54, 1.807) is 0 Å². The minimum absolute atomic E-state index is 0.0321. The summed E-state index contributed by atoms with van der Waals surface area (Å²) >= 11 is 0. The molecule has 0 radical (unpaired) electrons. The molecule has 43 heavy (non-hydrogen) atoms. The molecule has 0 saturated carbocycles. The van der Waals surface area contributed by atoms with Gasteiger partial charge >= 0.3 is 6.03 Å². The molecule has 9 nitrogen and oxygen atoms in total. The molecule has 0 atom stereocenters. The Kier molecular flexibility index (Phi) is 7.65. The van der Waals surface area contributed by atoms with Crippen LogP contribution >= 0.6 is 0 Å². The molecule has 0 unspecified atom stereocenters. The zero-order valence-corrected chi connectivity index (χ0v) is 24.6. The van der Waals surface area contributed by atoms with Crippen molar-refractivity contribution >= 4 is 22.8 Å². The van der Waals surface area contributed by atoms with Crippen LogP contribution in [0.25, 0.3) is 44.7 Å². The maximum absolute atomic E-state index is 12.6. The zero-order valence-electron chi connectivity index (χ0n) is 24.6. The molecule has 5 aromatic rings. The highest BCUT2D eigenvalue weighted by molar-refractivity contribution is 5.99. The minimum atomic E-state index is -0.0321. The number of H-pyrrole nitrogens is 1. The van der Waals surface area contributed by atoms with Crippen molar-refractivity contribution in [2.45, 2.75) is 32.9 Å². The van der Waals surface area contributed by atoms with Gasteiger partial charge < -0.3 is 19.9 Å². The number of pyridine rings is 1. The highest BCUT2D eigenvalue weighted by atomic mass is 16.5. The van der Waals surface area contributed by atoms with Gasteiger partial charge in [0, 0.05) is 79.6 Å². The summed E-state index contributed by atoms with van der Waals surface area (Å²) in [6, 6.07) is 21.0. The summed E-state index contributed by atoms with van der Waals surface area (Å²) in [5, 5.41) is 9.03. The summed E-state index contributed by atoms with van der Waals surface area (Å²) in [6.07, 6.45) is 6.11. The molecule has 2 saturated heterocycles. The van der Waals surface area contributed by atoms with Crippen LogP contribution in [-0.4, -0.2) is 75.0 Å². The Labute approximate surface area is 251 Å². The summed E-state index contributed by atoms with van der Waals surface area (Å²) in [7, 11) is 0. The van der Waals surface area contributed by atoms with E-state index in [2.05, 4.69) is 69.7 Å². The standard InChI is InChI=1S/C34H37N7O2/c1-2-41-23-30(32(38-41)26-9-11-27(12-10-26)36-34(42)40-15-3-4-16-40)28-13-14-35-33-29(28)21-31(37-33)25-7-5-24(6-8-25)22-39-17-19-43-20-18-39/h5-14,21,23H,2-4,15-20,22H2,1H3,(H,35,37)(H,36,42). The van der Waals surface area contributed by atoms with Crippen molar-refractivity contribution in [3.05, 3.63) is 78.6 Å². The Morgan fingerprint density at radius 3 is 2.42 bits per heavy atom. The Morgan fingerprint density at radius 2 is 1.67 bits per heavy atom. The molecule has 2 aliphatic heterocycles. The summed E-state index contributed by atoms with van der Waals surface area (Å²) in [5.74, 6) is 0. The predicted octanol–water partition coefficient (Wildman–Crippen LogP) is 6.24. The van der Waals surface area contributed by atoms with E-state index in [1.807, 2.05) is 40.0 Å². The summed E-state index contributed by atoms with van der Waals surface area (Å²) in [6.45, 7) is 9.03. The van der Waals surface area contributed by atoms with E-state index in [0.717, 1.165) is 116 Å². The maximum Gasteiger partial charge on any atom is 0.321 e. The quantitative estimate of drug-likeness (QED) is 0.240. The van der Waals surface area contributed by atoms with E-state index < -0.39 is 0 Å². The van der Waals surface area contributed by atoms with Crippen LogP contribution in [0.5, 0.6) is 0 Å². The number of amides is 2. The van der Waals surface area contributed by atoms with Gasteiger partial charge in [-0.05, 0) is 60.7 Å². The van der Waals surface area contributed by atoms with Crippen molar-refractivity contribution in [1.82, 2.24) is 29.5 Å². The van der Waals surface area contributed by atoms with Crippen molar-refractivity contribution in [1.29, 1.82) is 0 Å². The SMILES string of the molecule is CCn1cc(-c2ccnc3[nH]c(-c4ccc(CN5CCOCC5)cc4)cc23)c(-c2ccc(NC(=O)N3CCCC3)cc2)n1. The molecule has 0 aliphatic carbocycles. The van der Waals surface area contributed by atoms with Gasteiger partial charge in [-0.25, -0.2) is 9.78 Å². The topological polar surface area (TPSA) is 91.3 Å². The number of nitrogens with one attached hydrogen (secondary N) is 2. The fourth-order valence-corrected chi connectivity index (χ4v) is 6.05. The van der Waals surface area contributed by atoms with E-state index in [1.165, 1.54) is 5.56 Å². The number of carbonyl (C=O) groups is 1. The van der Waals surface area contributed by atoms with E-state index in [-0.39, 0.29) is 6.03 Å². The zero-order chi connectivity index (χ0) is 29.2. The van der Waals surface area contributed by atoms with Crippen LogP contribution in [0.15, 0.2) is 73.1 Å². The Balaban J connectivity index is 1.16. The number of hydrogen-bond donors (Lipinski definition) is 2. The van der Waals surface area contributed by atoms with Gasteiger partial charge in [0.1, 0.15) is 11.3 Å². The van der Waals surface area contributed by atoms with E-state index in [4.69, 9.17) is 9.84 Å². The average Bonchev–Trinajstić information content (AvgIpc) is 3.82. The third-order valence-corrected chi connectivity index (χ3v) is 8.49. The second-order valence-electron chi connectivity index (χ2n) is 11.3. The molecule has 2 N–H and O–H groups in total. The van der Waals surface area contributed by atoms with Gasteiger partial charge in [0.25, 0.3) is 0 Å². The van der Waals surface area contributed by atoms with E-state index in [0.29, 0.717) is 0 Å². The third-order valence-electron chi connectivity index (χ3n) is 8.49. The number of morpholine rings is 1. The first-order valence-electron chi connectivity index (χ1n) is 15.3. The van der Waals surface area contributed by atoms with Crippen LogP contribution in [0, 0.1) is 0 Å². The fourth-order valence-electron chi connectivity index (χ4n) is 6.05. The van der Waals surface area contributed by atoms with Gasteiger partial charge in [-0.15, -0.1) is 0 Å². The number of benzene rings is 2. The summed E-state index contributed by atoms with van der Waals surface area (Å²) in [4.78, 5) is 25.1. The Morgan fingerprint density at radius 1 is 0.930 bits per heavy atom. The number of ether oxygens (including phenoxy) is 1. The maximum atomic E-state index is 12.6. The Bertz CT molecular complexity index is 1710. The molecule has 2 amide bonds. The molecule has 9 heteroatoms. The fraction of sp³-hybridized carbons (Fsp3) is 0.324. The van der Waals surface area contributed by atoms with Crippen LogP contribution in [0.2, 0.25) is 0 Å². The minimum Gasteiger partial charge on any atom is -0.379 e. The Hall–Kier alpha value is -4.47. The first-order valence-corrected chi connectivity index (χ1v) is 15.3. The third kappa shape index (κ3) is 5.78. The highest BCUT2D eigenvalue weighted by Crippen LogP contribution is 2.37. The van der Waals surface area contributed by atoms with Gasteiger partial charge in [0.15, 0.2) is 0 Å². The number of fused-ring (bicyclic) bond motifs is 1. The molecule has 2 aromatic carbocycles. The van der Waals surface area contributed by atoms with Gasteiger partial charge in [0.2, 0.25) is 0 Å². The van der Waals surface area contributed by atoms with Crippen molar-refractivity contribution in [2.24, 2.45) is 0 Å². The molecule has 7 rings (SSSR count). The monoisotopic (exact) mass is 575 g/mol. The van der Waals surface area contributed by atoms with Crippen LogP contribution in [0.4, 0.5) is 10.5 Å². The van der Waals surface area contributed by atoms with Crippen molar-refractivity contribution in [3.8, 4) is 33.6 Å². The first kappa shape index (κ1) is 27.4. The van der Waals surface area contributed by atoms with Crippen molar-refractivity contribution in [3.63, 3.8) is 0 Å². The van der Waals surface area contributed by atoms with Gasteiger partial charge in [-0.3, -0.25) is 9.58 Å². The second kappa shape index (κ2) is 12.0. The molecule has 3 aromatic heterocycles. The number of nitrogens with zero attached hydrogens (tertiary/aromatic N) is 5. The lowest BCUT2D eigenvalue weighted by atomic mass is 10.00. The van der Waals surface area contributed by atoms with Crippen LogP contribution in [-0.2, 0) is 17.8 Å². The molecule has 0 bridgehead atoms. The van der Waals surface area contributed by atoms with Gasteiger partial charge in [-0.2, -0.15) is 5.10 Å². The number of aryl methyl sites for hydroxylation is 1. The number of likely N-dealkylation sites (tertiary alicyclic amines) is 1. The summed E-state index contributed by atoms with van der Waals surface area (Å²) < 4.78 is 7.46. The molecule has 2 aliphatic rings. The van der Waals surface area contributed by atoms with Crippen LogP contribution in [0.1, 0.15) is 25.3 Å². The molecular formula is C34H37N7O2. The van der Waals surface area contributed by atoms with E-state index in [9.17, 15) is 4.79 Å². The van der Waals surface area contributed by atoms with Gasteiger partial charge in [-0.1, -0.05) is 36.4 Å². The van der Waals surface area contributed by atoms with Crippen LogP contribution in [0.3, 0.4) is 0 Å². The normalized spacial score (nSPS) is 15.8. The lowest BCUT2D eigenvalue weighted by Crippen LogP contribution is -2.35. The number of anilines is 1. The lowest BCUT2D eigenvalue weighted by molar-refractivity contribution is 0.0342. The molecule has 5 heterocycles. The molecule has 220 valence electrons. The number of rotatable bonds is 7. The largest absolute Gasteiger partial charge is 0.379 e. The van der Waals surface area contributed by atoms with Crippen molar-refractivity contribution in [2.75, 3.05) is 44.7 Å². The smallest absolute Gasteiger partial charge is 0.321 e. The van der Waals surface area contributed by atoms with Gasteiger partial charge in [0.05, 0.1) is 13.2 Å². The number of hydrogen-bond acceptors (Lipinski definition) is 5. The number of urea groups is 1. The highest BCUT2D eigenvalue weighted by Gasteiger charge is 2.20. The molecule has 2 fully saturated rings. The first-order chi connectivity index (χ1) is 21.1. The number of aromatic nitrogens is 4. The lowest BCUT2D eigenvalue weighted by Gasteiger charge is -2.26. The number of carbonyl (C=O) groups excluding carboxylic acids is 1. The predicted molar refractivity (Wildman–Crippen MR) is 170 cm³/mol.